The van der Waals surface area contributed by atoms with E-state index in [4.69, 9.17) is 4.74 Å². The van der Waals surface area contributed by atoms with Crippen LogP contribution in [0.3, 0.4) is 0 Å². The van der Waals surface area contributed by atoms with Crippen LogP contribution in [0.1, 0.15) is 34.5 Å². The number of rotatable bonds is 6. The molecule has 2 aliphatic heterocycles. The van der Waals surface area contributed by atoms with Gasteiger partial charge in [0.1, 0.15) is 5.75 Å². The summed E-state index contributed by atoms with van der Waals surface area (Å²) in [6.45, 7) is 5.34. The Hall–Kier alpha value is -3.36. The molecular weight excluding hydrogens is 484 g/mol. The number of hydrogen-bond acceptors (Lipinski definition) is 5. The van der Waals surface area contributed by atoms with Crippen molar-refractivity contribution in [1.29, 1.82) is 0 Å². The number of carbonyl (C=O) groups excluding carboxylic acids is 2. The van der Waals surface area contributed by atoms with E-state index in [1.165, 1.54) is 16.0 Å². The Labute approximate surface area is 222 Å². The highest BCUT2D eigenvalue weighted by Gasteiger charge is 2.34. The van der Waals surface area contributed by atoms with E-state index in [1.807, 2.05) is 59.2 Å². The van der Waals surface area contributed by atoms with Gasteiger partial charge < -0.3 is 19.9 Å². The van der Waals surface area contributed by atoms with Gasteiger partial charge in [0.15, 0.2) is 0 Å². The summed E-state index contributed by atoms with van der Waals surface area (Å²) >= 11 is 1.80. The van der Waals surface area contributed by atoms with Crippen molar-refractivity contribution in [2.24, 2.45) is 0 Å². The molecular formula is C29H34N4O3S. The second kappa shape index (κ2) is 11.4. The highest BCUT2D eigenvalue weighted by atomic mass is 32.1. The van der Waals surface area contributed by atoms with Crippen molar-refractivity contribution in [1.82, 2.24) is 20.0 Å². The van der Waals surface area contributed by atoms with Crippen molar-refractivity contribution < 1.29 is 14.3 Å². The van der Waals surface area contributed by atoms with Crippen LogP contribution in [0.25, 0.3) is 0 Å². The molecule has 0 unspecified atom stereocenters. The molecule has 0 spiro atoms. The lowest BCUT2D eigenvalue weighted by Crippen LogP contribution is -2.58. The van der Waals surface area contributed by atoms with Gasteiger partial charge in [0.2, 0.25) is 5.91 Å². The van der Waals surface area contributed by atoms with Crippen LogP contribution in [0, 0.1) is 0 Å². The highest BCUT2D eigenvalue weighted by Crippen LogP contribution is 2.38. The number of urea groups is 1. The average Bonchev–Trinajstić information content (AvgIpc) is 3.41. The lowest BCUT2D eigenvalue weighted by molar-refractivity contribution is -0.135. The topological polar surface area (TPSA) is 65.1 Å². The van der Waals surface area contributed by atoms with Crippen LogP contribution in [0.15, 0.2) is 66.0 Å². The first kappa shape index (κ1) is 25.3. The van der Waals surface area contributed by atoms with Gasteiger partial charge in [-0.05, 0) is 53.6 Å². The minimum Gasteiger partial charge on any atom is -0.497 e. The van der Waals surface area contributed by atoms with E-state index >= 15 is 0 Å². The SMILES string of the molecule is COc1ccc([C@H]2c3ccsc3CCN2CC(=O)N2CCN(C(=O)NCc3ccccc3)[C@H](C)C2)cc1. The molecule has 2 aromatic carbocycles. The number of amides is 3. The zero-order chi connectivity index (χ0) is 25.8. The third-order valence-corrected chi connectivity index (χ3v) is 8.36. The zero-order valence-electron chi connectivity index (χ0n) is 21.4. The fourth-order valence-corrected chi connectivity index (χ4v) is 6.25. The summed E-state index contributed by atoms with van der Waals surface area (Å²) < 4.78 is 5.35. The lowest BCUT2D eigenvalue weighted by atomic mass is 9.93. The second-order valence-electron chi connectivity index (χ2n) is 9.72. The Balaban J connectivity index is 1.21. The number of benzene rings is 2. The average molecular weight is 519 g/mol. The second-order valence-corrected chi connectivity index (χ2v) is 10.7. The van der Waals surface area contributed by atoms with Gasteiger partial charge >= 0.3 is 6.03 Å². The first-order valence-electron chi connectivity index (χ1n) is 12.8. The number of fused-ring (bicyclic) bond motifs is 1. The molecule has 3 aromatic rings. The standard InChI is InChI=1S/C29H34N4O3S/c1-21-19-31(15-16-33(21)29(35)30-18-22-6-4-3-5-7-22)27(34)20-32-14-12-26-25(13-17-37-26)28(32)23-8-10-24(36-2)11-9-23/h3-11,13,17,21,28H,12,14-16,18-20H2,1-2H3,(H,30,35)/t21-,28+/m1/s1. The number of methoxy groups -OCH3 is 1. The van der Waals surface area contributed by atoms with E-state index in [-0.39, 0.29) is 24.0 Å². The predicted octanol–water partition coefficient (Wildman–Crippen LogP) is 4.15. The number of piperazine rings is 1. The van der Waals surface area contributed by atoms with Gasteiger partial charge in [-0.25, -0.2) is 4.79 Å². The van der Waals surface area contributed by atoms with Gasteiger partial charge in [0.05, 0.1) is 19.7 Å². The van der Waals surface area contributed by atoms with Crippen LogP contribution in [0.2, 0.25) is 0 Å². The van der Waals surface area contributed by atoms with Crippen LogP contribution in [-0.2, 0) is 17.8 Å². The molecule has 194 valence electrons. The van der Waals surface area contributed by atoms with E-state index in [0.717, 1.165) is 24.3 Å². The van der Waals surface area contributed by atoms with Crippen LogP contribution >= 0.6 is 11.3 Å². The molecule has 0 saturated carbocycles. The van der Waals surface area contributed by atoms with Crippen molar-refractivity contribution in [3.05, 3.63) is 87.6 Å². The molecule has 0 aliphatic carbocycles. The Morgan fingerprint density at radius 1 is 1.03 bits per heavy atom. The number of nitrogens with zero attached hydrogens (tertiary/aromatic N) is 3. The molecule has 1 fully saturated rings. The molecule has 8 heteroatoms. The van der Waals surface area contributed by atoms with E-state index in [9.17, 15) is 9.59 Å². The smallest absolute Gasteiger partial charge is 0.318 e. The Morgan fingerprint density at radius 3 is 2.54 bits per heavy atom. The number of ether oxygens (including phenoxy) is 1. The molecule has 2 aliphatic rings. The van der Waals surface area contributed by atoms with Crippen molar-refractivity contribution in [2.45, 2.75) is 32.0 Å². The molecule has 2 atom stereocenters. The Morgan fingerprint density at radius 2 is 1.81 bits per heavy atom. The molecule has 0 radical (unpaired) electrons. The molecule has 0 bridgehead atoms. The predicted molar refractivity (Wildman–Crippen MR) is 146 cm³/mol. The normalized spacial score (nSPS) is 19.8. The summed E-state index contributed by atoms with van der Waals surface area (Å²) in [5.74, 6) is 0.945. The highest BCUT2D eigenvalue weighted by molar-refractivity contribution is 7.10. The third-order valence-electron chi connectivity index (χ3n) is 7.36. The summed E-state index contributed by atoms with van der Waals surface area (Å²) in [6.07, 6.45) is 0.957. The van der Waals surface area contributed by atoms with Crippen LogP contribution < -0.4 is 10.1 Å². The fraction of sp³-hybridized carbons (Fsp3) is 0.379. The molecule has 5 rings (SSSR count). The summed E-state index contributed by atoms with van der Waals surface area (Å²) in [7, 11) is 1.67. The van der Waals surface area contributed by atoms with Crippen molar-refractivity contribution in [3.63, 3.8) is 0 Å². The fourth-order valence-electron chi connectivity index (χ4n) is 5.35. The van der Waals surface area contributed by atoms with Gasteiger partial charge in [0.25, 0.3) is 0 Å². The molecule has 1 N–H and O–H groups in total. The molecule has 3 amide bonds. The Kier molecular flexibility index (Phi) is 7.76. The van der Waals surface area contributed by atoms with Gasteiger partial charge in [0, 0.05) is 43.6 Å². The zero-order valence-corrected chi connectivity index (χ0v) is 22.2. The summed E-state index contributed by atoms with van der Waals surface area (Å²) in [5, 5.41) is 5.16. The first-order valence-corrected chi connectivity index (χ1v) is 13.7. The number of carbonyl (C=O) groups is 2. The summed E-state index contributed by atoms with van der Waals surface area (Å²) in [4.78, 5) is 33.7. The maximum Gasteiger partial charge on any atom is 0.318 e. The van der Waals surface area contributed by atoms with Crippen molar-refractivity contribution in [3.8, 4) is 5.75 Å². The minimum absolute atomic E-state index is 0.0457. The summed E-state index contributed by atoms with van der Waals surface area (Å²) in [5.41, 5.74) is 3.53. The van der Waals surface area contributed by atoms with Crippen molar-refractivity contribution in [2.75, 3.05) is 39.8 Å². The van der Waals surface area contributed by atoms with E-state index < -0.39 is 0 Å². The first-order chi connectivity index (χ1) is 18.0. The third kappa shape index (κ3) is 5.65. The van der Waals surface area contributed by atoms with Crippen LogP contribution in [0.4, 0.5) is 4.79 Å². The largest absolute Gasteiger partial charge is 0.497 e. The molecule has 37 heavy (non-hydrogen) atoms. The van der Waals surface area contributed by atoms with Gasteiger partial charge in [-0.2, -0.15) is 0 Å². The monoisotopic (exact) mass is 518 g/mol. The Bertz CT molecular complexity index is 1210. The van der Waals surface area contributed by atoms with E-state index in [0.29, 0.717) is 32.7 Å². The molecule has 1 saturated heterocycles. The van der Waals surface area contributed by atoms with E-state index in [1.54, 1.807) is 18.4 Å². The molecule has 7 nitrogen and oxygen atoms in total. The summed E-state index contributed by atoms with van der Waals surface area (Å²) in [6, 6.07) is 20.2. The maximum atomic E-state index is 13.5. The van der Waals surface area contributed by atoms with Crippen LogP contribution in [-0.4, -0.2) is 72.5 Å². The minimum atomic E-state index is -0.0796. The number of hydrogen-bond donors (Lipinski definition) is 1. The molecule has 3 heterocycles. The van der Waals surface area contributed by atoms with Gasteiger partial charge in [-0.15, -0.1) is 11.3 Å². The van der Waals surface area contributed by atoms with E-state index in [2.05, 4.69) is 33.8 Å². The van der Waals surface area contributed by atoms with Gasteiger partial charge in [-0.3, -0.25) is 9.69 Å². The number of thiophene rings is 1. The van der Waals surface area contributed by atoms with Crippen molar-refractivity contribution >= 4 is 23.3 Å². The lowest BCUT2D eigenvalue weighted by Gasteiger charge is -2.41. The number of nitrogens with one attached hydrogen (secondary N) is 1. The quantitative estimate of drug-likeness (QED) is 0.533. The van der Waals surface area contributed by atoms with Crippen LogP contribution in [0.5, 0.6) is 5.75 Å². The van der Waals surface area contributed by atoms with Gasteiger partial charge in [-0.1, -0.05) is 42.5 Å². The molecule has 1 aromatic heterocycles. The maximum absolute atomic E-state index is 13.5.